The summed E-state index contributed by atoms with van der Waals surface area (Å²) in [5.74, 6) is 1.27. The number of alkyl halides is 3. The SMILES string of the molecule is COc1cnc(-c2c(OC)ncnc2C2CC2)nc1C(C)(O)c1ccc(-c2nc(C(F)(F)F)cn2C)cc1. The van der Waals surface area contributed by atoms with Gasteiger partial charge in [-0.3, -0.25) is 0 Å². The van der Waals surface area contributed by atoms with Crippen molar-refractivity contribution >= 4 is 0 Å². The van der Waals surface area contributed by atoms with Crippen LogP contribution >= 0.6 is 0 Å². The molecule has 3 aromatic heterocycles. The lowest BCUT2D eigenvalue weighted by atomic mass is 9.90. The second kappa shape index (κ2) is 9.35. The van der Waals surface area contributed by atoms with E-state index in [4.69, 9.17) is 9.47 Å². The molecule has 0 amide bonds. The number of aryl methyl sites for hydroxylation is 1. The molecule has 0 spiro atoms. The number of benzene rings is 1. The first-order valence-corrected chi connectivity index (χ1v) is 11.8. The second-order valence-electron chi connectivity index (χ2n) is 9.24. The number of hydrogen-bond acceptors (Lipinski definition) is 8. The maximum atomic E-state index is 13.1. The normalized spacial score (nSPS) is 15.3. The van der Waals surface area contributed by atoms with Crippen LogP contribution in [0.4, 0.5) is 13.2 Å². The van der Waals surface area contributed by atoms with Gasteiger partial charge in [0.15, 0.2) is 17.3 Å². The molecule has 9 nitrogen and oxygen atoms in total. The van der Waals surface area contributed by atoms with Gasteiger partial charge < -0.3 is 19.1 Å². The van der Waals surface area contributed by atoms with Gasteiger partial charge in [0.25, 0.3) is 0 Å². The third-order valence-electron chi connectivity index (χ3n) is 6.53. The van der Waals surface area contributed by atoms with Gasteiger partial charge in [-0.15, -0.1) is 0 Å². The minimum Gasteiger partial charge on any atom is -0.493 e. The van der Waals surface area contributed by atoms with Crippen LogP contribution in [0.5, 0.6) is 11.6 Å². The molecule has 0 aliphatic heterocycles. The fourth-order valence-corrected chi connectivity index (χ4v) is 4.35. The minimum atomic E-state index is -4.55. The number of nitrogens with zero attached hydrogens (tertiary/aromatic N) is 6. The molecule has 0 saturated heterocycles. The first-order valence-electron chi connectivity index (χ1n) is 11.8. The molecule has 4 aromatic rings. The number of rotatable bonds is 7. The van der Waals surface area contributed by atoms with Crippen LogP contribution in [0.1, 0.15) is 48.3 Å². The monoisotopic (exact) mass is 526 g/mol. The molecule has 5 rings (SSSR count). The smallest absolute Gasteiger partial charge is 0.434 e. The lowest BCUT2D eigenvalue weighted by Gasteiger charge is -2.26. The standard InChI is InChI=1S/C26H25F3N6O3/c1-25(36,16-9-7-15(8-10-16)23-33-18(12-35(23)2)26(27,28)29)21-17(37-3)11-30-22(34-21)19-20(14-5-6-14)31-13-32-24(19)38-4/h7-14,36H,5-6H2,1-4H3. The molecule has 1 saturated carbocycles. The third kappa shape index (κ3) is 4.55. The zero-order valence-electron chi connectivity index (χ0n) is 21.1. The van der Waals surface area contributed by atoms with Crippen molar-refractivity contribution in [2.45, 2.75) is 37.5 Å². The van der Waals surface area contributed by atoms with Gasteiger partial charge in [-0.25, -0.2) is 24.9 Å². The molecule has 1 unspecified atom stereocenters. The highest BCUT2D eigenvalue weighted by molar-refractivity contribution is 5.66. The second-order valence-corrected chi connectivity index (χ2v) is 9.24. The Labute approximate surface area is 216 Å². The number of methoxy groups -OCH3 is 2. The molecule has 0 radical (unpaired) electrons. The summed E-state index contributed by atoms with van der Waals surface area (Å²) in [5.41, 5.74) is -0.195. The van der Waals surface area contributed by atoms with Crippen molar-refractivity contribution in [3.8, 4) is 34.4 Å². The van der Waals surface area contributed by atoms with Crippen molar-refractivity contribution in [3.05, 3.63) is 65.6 Å². The molecule has 12 heteroatoms. The summed E-state index contributed by atoms with van der Waals surface area (Å²) < 4.78 is 51.6. The molecular weight excluding hydrogens is 501 g/mol. The topological polar surface area (TPSA) is 108 Å². The van der Waals surface area contributed by atoms with Crippen LogP contribution in [-0.4, -0.2) is 48.8 Å². The van der Waals surface area contributed by atoms with Crippen molar-refractivity contribution in [2.24, 2.45) is 7.05 Å². The van der Waals surface area contributed by atoms with E-state index in [1.807, 2.05) is 0 Å². The summed E-state index contributed by atoms with van der Waals surface area (Å²) >= 11 is 0. The zero-order chi connectivity index (χ0) is 27.2. The summed E-state index contributed by atoms with van der Waals surface area (Å²) in [7, 11) is 4.44. The van der Waals surface area contributed by atoms with Crippen LogP contribution in [-0.2, 0) is 18.8 Å². The van der Waals surface area contributed by atoms with Crippen LogP contribution in [0.3, 0.4) is 0 Å². The molecule has 1 aromatic carbocycles. The van der Waals surface area contributed by atoms with Gasteiger partial charge in [0.05, 0.1) is 26.1 Å². The molecule has 1 N–H and O–H groups in total. The van der Waals surface area contributed by atoms with E-state index in [1.54, 1.807) is 31.2 Å². The maximum absolute atomic E-state index is 13.1. The fourth-order valence-electron chi connectivity index (χ4n) is 4.35. The summed E-state index contributed by atoms with van der Waals surface area (Å²) in [6, 6.07) is 6.42. The molecule has 1 aliphatic rings. The first kappa shape index (κ1) is 25.6. The van der Waals surface area contributed by atoms with Crippen molar-refractivity contribution in [3.63, 3.8) is 0 Å². The van der Waals surface area contributed by atoms with Gasteiger partial charge in [-0.05, 0) is 25.3 Å². The summed E-state index contributed by atoms with van der Waals surface area (Å²) in [6.07, 6.45) is 1.27. The Morgan fingerprint density at radius 3 is 2.29 bits per heavy atom. The molecule has 1 aliphatic carbocycles. The number of imidazole rings is 1. The number of aromatic nitrogens is 6. The number of aliphatic hydroxyl groups is 1. The lowest BCUT2D eigenvalue weighted by Crippen LogP contribution is -2.26. The Hall–Kier alpha value is -4.06. The Morgan fingerprint density at radius 2 is 1.71 bits per heavy atom. The highest BCUT2D eigenvalue weighted by Gasteiger charge is 2.36. The molecule has 1 atom stereocenters. The minimum absolute atomic E-state index is 0.147. The summed E-state index contributed by atoms with van der Waals surface area (Å²) in [5, 5.41) is 11.7. The quantitative estimate of drug-likeness (QED) is 0.375. The van der Waals surface area contributed by atoms with Gasteiger partial charge in [0, 0.05) is 24.7 Å². The van der Waals surface area contributed by atoms with E-state index in [1.165, 1.54) is 38.4 Å². The van der Waals surface area contributed by atoms with Gasteiger partial charge >= 0.3 is 6.18 Å². The van der Waals surface area contributed by atoms with Crippen molar-refractivity contribution < 1.29 is 27.8 Å². The third-order valence-corrected chi connectivity index (χ3v) is 6.53. The molecule has 198 valence electrons. The Morgan fingerprint density at radius 1 is 1.00 bits per heavy atom. The van der Waals surface area contributed by atoms with E-state index >= 15 is 0 Å². The first-order chi connectivity index (χ1) is 18.0. The largest absolute Gasteiger partial charge is 0.493 e. The van der Waals surface area contributed by atoms with Gasteiger partial charge in [-0.2, -0.15) is 13.2 Å². The predicted molar refractivity (Wildman–Crippen MR) is 130 cm³/mol. The molecule has 0 bridgehead atoms. The summed E-state index contributed by atoms with van der Waals surface area (Å²) in [6.45, 7) is 1.56. The van der Waals surface area contributed by atoms with Crippen molar-refractivity contribution in [1.82, 2.24) is 29.5 Å². The highest BCUT2D eigenvalue weighted by Crippen LogP contribution is 2.45. The van der Waals surface area contributed by atoms with Crippen LogP contribution in [0.25, 0.3) is 22.8 Å². The Bertz CT molecular complexity index is 1480. The van der Waals surface area contributed by atoms with Crippen LogP contribution < -0.4 is 9.47 Å². The number of ether oxygens (including phenoxy) is 2. The maximum Gasteiger partial charge on any atom is 0.434 e. The van der Waals surface area contributed by atoms with Crippen molar-refractivity contribution in [1.29, 1.82) is 0 Å². The van der Waals surface area contributed by atoms with Gasteiger partial charge in [0.2, 0.25) is 5.88 Å². The zero-order valence-corrected chi connectivity index (χ0v) is 21.1. The van der Waals surface area contributed by atoms with Gasteiger partial charge in [-0.1, -0.05) is 24.3 Å². The van der Waals surface area contributed by atoms with Crippen LogP contribution in [0.15, 0.2) is 43.0 Å². The van der Waals surface area contributed by atoms with Crippen LogP contribution in [0.2, 0.25) is 0 Å². The molecular formula is C26H25F3N6O3. The lowest BCUT2D eigenvalue weighted by molar-refractivity contribution is -0.140. The number of hydrogen-bond donors (Lipinski definition) is 1. The molecule has 38 heavy (non-hydrogen) atoms. The van der Waals surface area contributed by atoms with Crippen LogP contribution in [0, 0.1) is 0 Å². The van der Waals surface area contributed by atoms with E-state index in [-0.39, 0.29) is 29.0 Å². The fraction of sp³-hybridized carbons (Fsp3) is 0.346. The van der Waals surface area contributed by atoms with Gasteiger partial charge in [0.1, 0.15) is 29.0 Å². The van der Waals surface area contributed by atoms with E-state index in [0.29, 0.717) is 22.6 Å². The average molecular weight is 527 g/mol. The molecule has 3 heterocycles. The molecule has 1 fully saturated rings. The number of halogens is 3. The van der Waals surface area contributed by atoms with E-state index in [0.717, 1.165) is 24.7 Å². The van der Waals surface area contributed by atoms with E-state index in [9.17, 15) is 18.3 Å². The van der Waals surface area contributed by atoms with E-state index in [2.05, 4.69) is 24.9 Å². The predicted octanol–water partition coefficient (Wildman–Crippen LogP) is 4.50. The average Bonchev–Trinajstić information content (AvgIpc) is 3.68. The van der Waals surface area contributed by atoms with Crippen molar-refractivity contribution in [2.75, 3.05) is 14.2 Å². The Kier molecular flexibility index (Phi) is 6.30. The van der Waals surface area contributed by atoms with E-state index < -0.39 is 17.5 Å². The highest BCUT2D eigenvalue weighted by atomic mass is 19.4. The summed E-state index contributed by atoms with van der Waals surface area (Å²) in [4.78, 5) is 21.5. The Balaban J connectivity index is 1.55.